The SMILES string of the molecule is O=[S@](CCNS(=O)(=O)N1CCCCCC1)c1ccccc1. The standard InChI is InChI=1S/C14H22N2O3S2/c17-20(14-8-4-3-5-9-14)13-10-15-21(18,19)16-11-6-1-2-7-12-16/h3-5,8-9,15H,1-2,6-7,10-13H2/t20-/m1/s1. The van der Waals surface area contributed by atoms with E-state index in [-0.39, 0.29) is 12.3 Å². The zero-order chi connectivity index (χ0) is 15.1. The van der Waals surface area contributed by atoms with E-state index in [1.165, 1.54) is 4.31 Å². The van der Waals surface area contributed by atoms with Gasteiger partial charge in [0.1, 0.15) is 0 Å². The van der Waals surface area contributed by atoms with E-state index in [0.717, 1.165) is 30.6 Å². The second-order valence-corrected chi connectivity index (χ2v) is 8.40. The van der Waals surface area contributed by atoms with Gasteiger partial charge >= 0.3 is 0 Å². The molecule has 21 heavy (non-hydrogen) atoms. The Bertz CT molecular complexity index is 553. The van der Waals surface area contributed by atoms with Crippen LogP contribution in [0.2, 0.25) is 0 Å². The highest BCUT2D eigenvalue weighted by atomic mass is 32.2. The van der Waals surface area contributed by atoms with Crippen molar-refractivity contribution in [3.05, 3.63) is 30.3 Å². The van der Waals surface area contributed by atoms with Gasteiger partial charge in [-0.25, -0.2) is 4.72 Å². The van der Waals surface area contributed by atoms with Crippen LogP contribution in [0, 0.1) is 0 Å². The van der Waals surface area contributed by atoms with Crippen LogP contribution in [-0.4, -0.2) is 42.3 Å². The summed E-state index contributed by atoms with van der Waals surface area (Å²) in [5.74, 6) is 0.289. The van der Waals surface area contributed by atoms with Crippen LogP contribution < -0.4 is 4.72 Å². The highest BCUT2D eigenvalue weighted by Gasteiger charge is 2.22. The van der Waals surface area contributed by atoms with Crippen molar-refractivity contribution in [3.8, 4) is 0 Å². The van der Waals surface area contributed by atoms with Crippen molar-refractivity contribution in [1.29, 1.82) is 0 Å². The van der Waals surface area contributed by atoms with Crippen LogP contribution >= 0.6 is 0 Å². The second-order valence-electron chi connectivity index (χ2n) is 5.08. The lowest BCUT2D eigenvalue weighted by atomic mass is 10.2. The molecule has 118 valence electrons. The minimum atomic E-state index is -3.44. The van der Waals surface area contributed by atoms with Crippen molar-refractivity contribution in [3.63, 3.8) is 0 Å². The van der Waals surface area contributed by atoms with Gasteiger partial charge in [0.05, 0.1) is 10.8 Å². The monoisotopic (exact) mass is 330 g/mol. The molecule has 1 fully saturated rings. The van der Waals surface area contributed by atoms with E-state index in [2.05, 4.69) is 4.72 Å². The van der Waals surface area contributed by atoms with Gasteiger partial charge in [-0.15, -0.1) is 0 Å². The quantitative estimate of drug-likeness (QED) is 0.860. The maximum Gasteiger partial charge on any atom is 0.279 e. The number of nitrogens with one attached hydrogen (secondary N) is 1. The van der Waals surface area contributed by atoms with Gasteiger partial charge < -0.3 is 0 Å². The van der Waals surface area contributed by atoms with E-state index < -0.39 is 21.0 Å². The summed E-state index contributed by atoms with van der Waals surface area (Å²) in [6.07, 6.45) is 4.00. The molecule has 0 aliphatic carbocycles. The summed E-state index contributed by atoms with van der Waals surface area (Å²) in [6.45, 7) is 1.36. The summed E-state index contributed by atoms with van der Waals surface area (Å²) < 4.78 is 40.4. The van der Waals surface area contributed by atoms with Crippen LogP contribution in [0.5, 0.6) is 0 Å². The van der Waals surface area contributed by atoms with Crippen LogP contribution in [0.25, 0.3) is 0 Å². The Morgan fingerprint density at radius 2 is 1.67 bits per heavy atom. The molecule has 0 radical (unpaired) electrons. The smallest absolute Gasteiger partial charge is 0.254 e. The van der Waals surface area contributed by atoms with E-state index in [1.54, 1.807) is 12.1 Å². The molecule has 0 unspecified atom stereocenters. The number of hydrogen-bond acceptors (Lipinski definition) is 3. The number of nitrogens with zero attached hydrogens (tertiary/aromatic N) is 1. The Kier molecular flexibility index (Phi) is 6.35. The lowest BCUT2D eigenvalue weighted by molar-refractivity contribution is 0.416. The third kappa shape index (κ3) is 5.18. The van der Waals surface area contributed by atoms with Gasteiger partial charge in [0.15, 0.2) is 0 Å². The molecule has 0 saturated carbocycles. The number of benzene rings is 1. The van der Waals surface area contributed by atoms with Crippen molar-refractivity contribution >= 4 is 21.0 Å². The predicted molar refractivity (Wildman–Crippen MR) is 84.7 cm³/mol. The van der Waals surface area contributed by atoms with Gasteiger partial charge in [0.25, 0.3) is 10.2 Å². The minimum Gasteiger partial charge on any atom is -0.254 e. The normalized spacial score (nSPS) is 19.0. The molecule has 1 saturated heterocycles. The highest BCUT2D eigenvalue weighted by Crippen LogP contribution is 2.12. The van der Waals surface area contributed by atoms with E-state index in [4.69, 9.17) is 0 Å². The summed E-state index contributed by atoms with van der Waals surface area (Å²) in [6, 6.07) is 9.10. The molecular weight excluding hydrogens is 308 g/mol. The molecule has 1 N–H and O–H groups in total. The second kappa shape index (κ2) is 8.03. The lowest BCUT2D eigenvalue weighted by Crippen LogP contribution is -2.42. The molecule has 7 heteroatoms. The van der Waals surface area contributed by atoms with Gasteiger partial charge in [-0.1, -0.05) is 31.0 Å². The summed E-state index contributed by atoms with van der Waals surface area (Å²) in [4.78, 5) is 0.728. The number of rotatable bonds is 6. The summed E-state index contributed by atoms with van der Waals surface area (Å²) in [5.41, 5.74) is 0. The van der Waals surface area contributed by atoms with E-state index in [0.29, 0.717) is 13.1 Å². The lowest BCUT2D eigenvalue weighted by Gasteiger charge is -2.20. The Labute approximate surface area is 129 Å². The Morgan fingerprint density at radius 3 is 2.29 bits per heavy atom. The zero-order valence-corrected chi connectivity index (χ0v) is 13.7. The van der Waals surface area contributed by atoms with Gasteiger partial charge in [-0.2, -0.15) is 12.7 Å². The maximum absolute atomic E-state index is 12.2. The molecule has 1 atom stereocenters. The number of hydrogen-bond donors (Lipinski definition) is 1. The van der Waals surface area contributed by atoms with Gasteiger partial charge in [-0.3, -0.25) is 4.21 Å². The summed E-state index contributed by atoms with van der Waals surface area (Å²) >= 11 is 0. The third-order valence-corrected chi connectivity index (χ3v) is 6.47. The molecule has 1 aromatic rings. The van der Waals surface area contributed by atoms with Gasteiger partial charge in [0, 0.05) is 30.3 Å². The molecule has 0 aromatic heterocycles. The highest BCUT2D eigenvalue weighted by molar-refractivity contribution is 7.87. The van der Waals surface area contributed by atoms with Crippen molar-refractivity contribution in [2.75, 3.05) is 25.4 Å². The van der Waals surface area contributed by atoms with Crippen molar-refractivity contribution in [2.45, 2.75) is 30.6 Å². The topological polar surface area (TPSA) is 66.5 Å². The van der Waals surface area contributed by atoms with Crippen LogP contribution in [0.15, 0.2) is 35.2 Å². The first-order valence-corrected chi connectivity index (χ1v) is 10.0. The fraction of sp³-hybridized carbons (Fsp3) is 0.571. The van der Waals surface area contributed by atoms with E-state index in [9.17, 15) is 12.6 Å². The average Bonchev–Trinajstić information content (AvgIpc) is 2.77. The predicted octanol–water partition coefficient (Wildman–Crippen LogP) is 1.50. The van der Waals surface area contributed by atoms with Crippen LogP contribution in [0.3, 0.4) is 0 Å². The maximum atomic E-state index is 12.2. The average molecular weight is 330 g/mol. The first-order chi connectivity index (χ1) is 10.1. The van der Waals surface area contributed by atoms with Crippen LogP contribution in [0.4, 0.5) is 0 Å². The molecule has 1 heterocycles. The third-order valence-electron chi connectivity index (χ3n) is 3.48. The van der Waals surface area contributed by atoms with Crippen LogP contribution in [-0.2, 0) is 21.0 Å². The molecule has 0 bridgehead atoms. The molecule has 0 spiro atoms. The molecule has 1 aliphatic heterocycles. The molecular formula is C14H22N2O3S2. The van der Waals surface area contributed by atoms with Crippen molar-refractivity contribution < 1.29 is 12.6 Å². The van der Waals surface area contributed by atoms with E-state index >= 15 is 0 Å². The Hall–Kier alpha value is -0.760. The molecule has 2 rings (SSSR count). The minimum absolute atomic E-state index is 0.195. The molecule has 5 nitrogen and oxygen atoms in total. The Balaban J connectivity index is 1.83. The fourth-order valence-corrected chi connectivity index (χ4v) is 4.72. The first kappa shape index (κ1) is 16.6. The first-order valence-electron chi connectivity index (χ1n) is 7.28. The van der Waals surface area contributed by atoms with E-state index in [1.807, 2.05) is 18.2 Å². The molecule has 0 amide bonds. The molecule has 1 aliphatic rings. The van der Waals surface area contributed by atoms with Crippen LogP contribution in [0.1, 0.15) is 25.7 Å². The Morgan fingerprint density at radius 1 is 1.05 bits per heavy atom. The largest absolute Gasteiger partial charge is 0.279 e. The fourth-order valence-electron chi connectivity index (χ4n) is 2.33. The summed E-state index contributed by atoms with van der Waals surface area (Å²) in [5, 5.41) is 0. The van der Waals surface area contributed by atoms with Crippen molar-refractivity contribution in [1.82, 2.24) is 9.03 Å². The van der Waals surface area contributed by atoms with Crippen molar-refractivity contribution in [2.24, 2.45) is 0 Å². The van der Waals surface area contributed by atoms with Gasteiger partial charge in [-0.05, 0) is 25.0 Å². The zero-order valence-electron chi connectivity index (χ0n) is 12.0. The molecule has 1 aromatic carbocycles. The van der Waals surface area contributed by atoms with Gasteiger partial charge in [0.2, 0.25) is 0 Å². The summed E-state index contributed by atoms with van der Waals surface area (Å²) in [7, 11) is -4.61.